The van der Waals surface area contributed by atoms with Crippen LogP contribution in [-0.4, -0.2) is 45.3 Å². The fraction of sp³-hybridized carbons (Fsp3) is 0.419. The van der Waals surface area contributed by atoms with E-state index >= 15 is 0 Å². The molecule has 2 aromatic carbocycles. The van der Waals surface area contributed by atoms with E-state index in [4.69, 9.17) is 0 Å². The van der Waals surface area contributed by atoms with Crippen LogP contribution in [0.1, 0.15) is 56.5 Å². The van der Waals surface area contributed by atoms with Gasteiger partial charge in [0, 0.05) is 31.0 Å². The number of hydrogen-bond acceptors (Lipinski definition) is 2. The summed E-state index contributed by atoms with van der Waals surface area (Å²) in [6.45, 7) is 12.4. The molecule has 0 saturated heterocycles. The largest absolute Gasteiger partial charge is 0.345 e. The molecule has 1 unspecified atom stereocenters. The first-order valence-corrected chi connectivity index (χ1v) is 13.1. The van der Waals surface area contributed by atoms with Gasteiger partial charge in [-0.1, -0.05) is 75.4 Å². The molecule has 1 aromatic heterocycles. The zero-order valence-electron chi connectivity index (χ0n) is 22.5. The number of carbonyl (C=O) groups excluding carboxylic acids is 2. The lowest BCUT2D eigenvalue weighted by Gasteiger charge is -2.32. The summed E-state index contributed by atoms with van der Waals surface area (Å²) < 4.78 is 2.22. The summed E-state index contributed by atoms with van der Waals surface area (Å²) in [5.74, 6) is 0.270. The minimum absolute atomic E-state index is 0.00437. The summed E-state index contributed by atoms with van der Waals surface area (Å²) in [6, 6.07) is 22.4. The molecule has 5 heteroatoms. The fourth-order valence-corrected chi connectivity index (χ4v) is 4.43. The van der Waals surface area contributed by atoms with Crippen LogP contribution >= 0.6 is 0 Å². The second-order valence-corrected chi connectivity index (χ2v) is 10.2. The van der Waals surface area contributed by atoms with Crippen molar-refractivity contribution in [2.75, 3.05) is 13.1 Å². The van der Waals surface area contributed by atoms with Crippen LogP contribution in [0.25, 0.3) is 0 Å². The molecule has 1 atom stereocenters. The van der Waals surface area contributed by atoms with Crippen molar-refractivity contribution < 1.29 is 9.59 Å². The van der Waals surface area contributed by atoms with Crippen LogP contribution < -0.4 is 0 Å². The van der Waals surface area contributed by atoms with Crippen molar-refractivity contribution in [1.29, 1.82) is 0 Å². The zero-order valence-corrected chi connectivity index (χ0v) is 22.5. The Morgan fingerprint density at radius 2 is 1.58 bits per heavy atom. The Hall–Kier alpha value is -3.34. The molecule has 0 aliphatic rings. The SMILES string of the molecule is CCC(C)N(Cc1cccn1Cc1ccccc1C)C(=O)CN(CC(C)C)C(=O)Cc1ccccc1. The molecule has 2 amide bonds. The molecule has 1 heterocycles. The highest BCUT2D eigenvalue weighted by molar-refractivity contribution is 5.86. The standard InChI is InChI=1S/C31H41N3O2/c1-6-26(5)34(22-29-17-12-18-32(29)21-28-16-11-10-13-25(28)4)31(36)23-33(20-24(2)3)30(35)19-27-14-8-7-9-15-27/h7-18,24,26H,6,19-23H2,1-5H3. The van der Waals surface area contributed by atoms with Gasteiger partial charge in [0.1, 0.15) is 0 Å². The highest BCUT2D eigenvalue weighted by atomic mass is 16.2. The summed E-state index contributed by atoms with van der Waals surface area (Å²) in [5.41, 5.74) is 4.59. The van der Waals surface area contributed by atoms with Crippen LogP contribution in [0, 0.1) is 12.8 Å². The van der Waals surface area contributed by atoms with E-state index in [-0.39, 0.29) is 30.3 Å². The molecule has 0 bridgehead atoms. The predicted molar refractivity (Wildman–Crippen MR) is 147 cm³/mol. The van der Waals surface area contributed by atoms with Gasteiger partial charge < -0.3 is 14.4 Å². The number of hydrogen-bond donors (Lipinski definition) is 0. The number of amides is 2. The number of carbonyl (C=O) groups is 2. The molecule has 3 aromatic rings. The topological polar surface area (TPSA) is 45.6 Å². The Balaban J connectivity index is 1.76. The molecule has 36 heavy (non-hydrogen) atoms. The van der Waals surface area contributed by atoms with Crippen molar-refractivity contribution >= 4 is 11.8 Å². The molecular weight excluding hydrogens is 446 g/mol. The van der Waals surface area contributed by atoms with Crippen LogP contribution in [-0.2, 0) is 29.1 Å². The first-order chi connectivity index (χ1) is 17.3. The Morgan fingerprint density at radius 3 is 2.25 bits per heavy atom. The van der Waals surface area contributed by atoms with Crippen LogP contribution in [0.5, 0.6) is 0 Å². The van der Waals surface area contributed by atoms with Crippen molar-refractivity contribution in [3.8, 4) is 0 Å². The second-order valence-electron chi connectivity index (χ2n) is 10.2. The van der Waals surface area contributed by atoms with Gasteiger partial charge in [0.05, 0.1) is 19.5 Å². The summed E-state index contributed by atoms with van der Waals surface area (Å²) in [7, 11) is 0. The maximum Gasteiger partial charge on any atom is 0.242 e. The Morgan fingerprint density at radius 1 is 0.889 bits per heavy atom. The van der Waals surface area contributed by atoms with Crippen LogP contribution in [0.2, 0.25) is 0 Å². The van der Waals surface area contributed by atoms with E-state index < -0.39 is 0 Å². The number of nitrogens with zero attached hydrogens (tertiary/aromatic N) is 3. The molecule has 3 rings (SSSR count). The van der Waals surface area contributed by atoms with Crippen LogP contribution in [0.3, 0.4) is 0 Å². The third-order valence-electron chi connectivity index (χ3n) is 6.76. The van der Waals surface area contributed by atoms with E-state index in [1.165, 1.54) is 11.1 Å². The first kappa shape index (κ1) is 27.3. The van der Waals surface area contributed by atoms with Crippen LogP contribution in [0.4, 0.5) is 0 Å². The van der Waals surface area contributed by atoms with Gasteiger partial charge in [0.2, 0.25) is 11.8 Å². The minimum Gasteiger partial charge on any atom is -0.345 e. The molecular formula is C31H41N3O2. The van der Waals surface area contributed by atoms with Crippen molar-refractivity contribution in [2.45, 2.75) is 66.6 Å². The van der Waals surface area contributed by atoms with Crippen molar-refractivity contribution in [2.24, 2.45) is 5.92 Å². The summed E-state index contributed by atoms with van der Waals surface area (Å²) in [5, 5.41) is 0. The van der Waals surface area contributed by atoms with E-state index in [1.54, 1.807) is 4.90 Å². The van der Waals surface area contributed by atoms with Crippen molar-refractivity contribution in [1.82, 2.24) is 14.4 Å². The number of benzene rings is 2. The highest BCUT2D eigenvalue weighted by Crippen LogP contribution is 2.17. The van der Waals surface area contributed by atoms with Crippen molar-refractivity contribution in [3.05, 3.63) is 95.3 Å². The van der Waals surface area contributed by atoms with E-state index in [0.717, 1.165) is 24.2 Å². The van der Waals surface area contributed by atoms with Crippen LogP contribution in [0.15, 0.2) is 72.9 Å². The summed E-state index contributed by atoms with van der Waals surface area (Å²) in [6.07, 6.45) is 3.24. The summed E-state index contributed by atoms with van der Waals surface area (Å²) >= 11 is 0. The minimum atomic E-state index is -0.00458. The highest BCUT2D eigenvalue weighted by Gasteiger charge is 2.25. The van der Waals surface area contributed by atoms with Gasteiger partial charge in [0.15, 0.2) is 0 Å². The number of aryl methyl sites for hydroxylation is 1. The van der Waals surface area contributed by atoms with Gasteiger partial charge in [0.25, 0.3) is 0 Å². The Bertz CT molecular complexity index is 1120. The van der Waals surface area contributed by atoms with Gasteiger partial charge in [-0.15, -0.1) is 0 Å². The molecule has 0 aliphatic heterocycles. The summed E-state index contributed by atoms with van der Waals surface area (Å²) in [4.78, 5) is 30.5. The molecule has 0 radical (unpaired) electrons. The van der Waals surface area contributed by atoms with E-state index in [0.29, 0.717) is 19.5 Å². The van der Waals surface area contributed by atoms with E-state index in [2.05, 4.69) is 75.7 Å². The Kier molecular flexibility index (Phi) is 9.92. The number of aromatic nitrogens is 1. The quantitative estimate of drug-likeness (QED) is 0.329. The average molecular weight is 488 g/mol. The molecule has 0 saturated carbocycles. The molecule has 0 aliphatic carbocycles. The van der Waals surface area contributed by atoms with Gasteiger partial charge in [-0.2, -0.15) is 0 Å². The average Bonchev–Trinajstić information content (AvgIpc) is 3.29. The van der Waals surface area contributed by atoms with Crippen molar-refractivity contribution in [3.63, 3.8) is 0 Å². The number of rotatable bonds is 12. The lowest BCUT2D eigenvalue weighted by atomic mass is 10.1. The Labute approximate surface area is 216 Å². The van der Waals surface area contributed by atoms with Gasteiger partial charge in [-0.05, 0) is 55.0 Å². The molecule has 5 nitrogen and oxygen atoms in total. The molecule has 0 N–H and O–H groups in total. The lowest BCUT2D eigenvalue weighted by molar-refractivity contribution is -0.142. The lowest BCUT2D eigenvalue weighted by Crippen LogP contribution is -2.47. The van der Waals surface area contributed by atoms with Gasteiger partial charge >= 0.3 is 0 Å². The normalized spacial score (nSPS) is 11.9. The van der Waals surface area contributed by atoms with E-state index in [1.807, 2.05) is 41.3 Å². The maximum atomic E-state index is 13.7. The fourth-order valence-electron chi connectivity index (χ4n) is 4.43. The van der Waals surface area contributed by atoms with Gasteiger partial charge in [-0.25, -0.2) is 0 Å². The molecule has 192 valence electrons. The molecule has 0 spiro atoms. The van der Waals surface area contributed by atoms with Gasteiger partial charge in [-0.3, -0.25) is 9.59 Å². The third-order valence-corrected chi connectivity index (χ3v) is 6.76. The maximum absolute atomic E-state index is 13.7. The monoisotopic (exact) mass is 487 g/mol. The predicted octanol–water partition coefficient (Wildman–Crippen LogP) is 5.70. The van der Waals surface area contributed by atoms with E-state index in [9.17, 15) is 9.59 Å². The molecule has 0 fully saturated rings. The first-order valence-electron chi connectivity index (χ1n) is 13.1. The smallest absolute Gasteiger partial charge is 0.242 e. The third kappa shape index (κ3) is 7.58. The second kappa shape index (κ2) is 13.1. The zero-order chi connectivity index (χ0) is 26.1.